The Morgan fingerprint density at radius 3 is 2.73 bits per heavy atom. The molecule has 7 nitrogen and oxygen atoms in total. The summed E-state index contributed by atoms with van der Waals surface area (Å²) in [7, 11) is 0. The fraction of sp³-hybridized carbons (Fsp3) is 0.737. The predicted molar refractivity (Wildman–Crippen MR) is 95.1 cm³/mol. The highest BCUT2D eigenvalue weighted by Gasteiger charge is 2.50. The topological polar surface area (TPSA) is 85.3 Å². The number of ether oxygens (including phenoxy) is 1. The number of rotatable bonds is 7. The summed E-state index contributed by atoms with van der Waals surface area (Å²) in [6.45, 7) is 2.39. The van der Waals surface area contributed by atoms with E-state index in [0.717, 1.165) is 51.7 Å². The van der Waals surface area contributed by atoms with Crippen LogP contribution in [0.3, 0.4) is 0 Å². The molecule has 2 heterocycles. The molecule has 0 aromatic carbocycles. The number of hydrogen-bond donors (Lipinski definition) is 2. The smallest absolute Gasteiger partial charge is 0.241 e. The van der Waals surface area contributed by atoms with Crippen LogP contribution in [0, 0.1) is 17.8 Å². The molecular weight excluding hydrogens is 332 g/mol. The van der Waals surface area contributed by atoms with Crippen molar-refractivity contribution in [1.82, 2.24) is 20.4 Å². The Labute approximate surface area is 153 Å². The van der Waals surface area contributed by atoms with Gasteiger partial charge in [-0.1, -0.05) is 0 Å². The highest BCUT2D eigenvalue weighted by atomic mass is 16.5. The molecule has 2 N–H and O–H groups in total. The molecular formula is C19H28N4O3. The van der Waals surface area contributed by atoms with Gasteiger partial charge in [0.05, 0.1) is 5.54 Å². The van der Waals surface area contributed by atoms with Crippen LogP contribution in [0.2, 0.25) is 0 Å². The minimum Gasteiger partial charge on any atom is -0.381 e. The molecule has 7 heteroatoms. The third-order valence-corrected chi connectivity index (χ3v) is 6.24. The first-order chi connectivity index (χ1) is 12.7. The summed E-state index contributed by atoms with van der Waals surface area (Å²) in [6.07, 6.45) is 9.59. The molecule has 4 rings (SSSR count). The highest BCUT2D eigenvalue weighted by molar-refractivity contribution is 5.82. The first kappa shape index (κ1) is 17.5. The van der Waals surface area contributed by atoms with E-state index < -0.39 is 0 Å². The molecule has 2 atom stereocenters. The Morgan fingerprint density at radius 1 is 1.27 bits per heavy atom. The van der Waals surface area contributed by atoms with Crippen LogP contribution in [0.1, 0.15) is 38.5 Å². The van der Waals surface area contributed by atoms with E-state index in [9.17, 15) is 9.59 Å². The molecule has 26 heavy (non-hydrogen) atoms. The number of nitrogens with zero attached hydrogens (tertiary/aromatic N) is 2. The van der Waals surface area contributed by atoms with Crippen molar-refractivity contribution in [2.24, 2.45) is 17.8 Å². The van der Waals surface area contributed by atoms with Crippen LogP contribution < -0.4 is 10.6 Å². The summed E-state index contributed by atoms with van der Waals surface area (Å²) >= 11 is 0. The molecule has 2 aliphatic carbocycles. The quantitative estimate of drug-likeness (QED) is 0.763. The molecule has 1 saturated heterocycles. The first-order valence-corrected chi connectivity index (χ1v) is 9.79. The number of aromatic nitrogens is 2. The number of nitrogens with one attached hydrogen (secondary N) is 2. The molecule has 1 aromatic heterocycles. The van der Waals surface area contributed by atoms with E-state index in [0.29, 0.717) is 18.4 Å². The Balaban J connectivity index is 1.24. The molecule has 0 spiro atoms. The Hall–Kier alpha value is -1.89. The van der Waals surface area contributed by atoms with Crippen LogP contribution >= 0.6 is 0 Å². The number of carbonyl (C=O) groups is 2. The Kier molecular flexibility index (Phi) is 4.98. The Morgan fingerprint density at radius 2 is 2.08 bits per heavy atom. The summed E-state index contributed by atoms with van der Waals surface area (Å²) in [5, 5.41) is 10.3. The molecule has 142 valence electrons. The highest BCUT2D eigenvalue weighted by Crippen LogP contribution is 2.48. The average Bonchev–Trinajstić information content (AvgIpc) is 3.27. The molecule has 3 fully saturated rings. The van der Waals surface area contributed by atoms with Gasteiger partial charge in [-0.05, 0) is 56.4 Å². The van der Waals surface area contributed by atoms with Crippen LogP contribution in [-0.4, -0.2) is 46.9 Å². The lowest BCUT2D eigenvalue weighted by atomic mass is 9.76. The van der Waals surface area contributed by atoms with Gasteiger partial charge in [0.15, 0.2) is 0 Å². The molecule has 1 aliphatic heterocycles. The van der Waals surface area contributed by atoms with Crippen LogP contribution in [0.15, 0.2) is 18.5 Å². The monoisotopic (exact) mass is 360 g/mol. The van der Waals surface area contributed by atoms with Gasteiger partial charge in [-0.25, -0.2) is 0 Å². The molecule has 0 bridgehead atoms. The summed E-state index contributed by atoms with van der Waals surface area (Å²) in [4.78, 5) is 24.8. The third-order valence-electron chi connectivity index (χ3n) is 6.24. The molecule has 0 unspecified atom stereocenters. The lowest BCUT2D eigenvalue weighted by Crippen LogP contribution is -2.60. The fourth-order valence-corrected chi connectivity index (χ4v) is 4.35. The minimum absolute atomic E-state index is 0.0688. The van der Waals surface area contributed by atoms with Gasteiger partial charge in [-0.2, -0.15) is 5.10 Å². The maximum Gasteiger partial charge on any atom is 0.241 e. The van der Waals surface area contributed by atoms with E-state index in [2.05, 4.69) is 15.7 Å². The Bertz CT molecular complexity index is 635. The SMILES string of the molecule is O=C(Cn1cccn1)NCC1(NC(=O)[C@@H]2C[C@H]2C2CCOCC2)CCC1. The van der Waals surface area contributed by atoms with Gasteiger partial charge >= 0.3 is 0 Å². The van der Waals surface area contributed by atoms with Crippen LogP contribution in [0.25, 0.3) is 0 Å². The van der Waals surface area contributed by atoms with E-state index in [1.54, 1.807) is 23.1 Å². The van der Waals surface area contributed by atoms with Gasteiger partial charge in [0, 0.05) is 38.1 Å². The zero-order valence-corrected chi connectivity index (χ0v) is 15.2. The molecule has 2 amide bonds. The second kappa shape index (κ2) is 7.39. The number of amides is 2. The summed E-state index contributed by atoms with van der Waals surface area (Å²) in [5.41, 5.74) is -0.250. The zero-order chi connectivity index (χ0) is 18.0. The summed E-state index contributed by atoms with van der Waals surface area (Å²) in [5.74, 6) is 1.45. The normalized spacial score (nSPS) is 27.4. The van der Waals surface area contributed by atoms with E-state index in [1.165, 1.54) is 0 Å². The van der Waals surface area contributed by atoms with Crippen LogP contribution in [0.5, 0.6) is 0 Å². The van der Waals surface area contributed by atoms with Crippen molar-refractivity contribution in [1.29, 1.82) is 0 Å². The predicted octanol–water partition coefficient (Wildman–Crippen LogP) is 1.10. The van der Waals surface area contributed by atoms with Gasteiger partial charge in [-0.15, -0.1) is 0 Å². The van der Waals surface area contributed by atoms with E-state index in [1.807, 2.05) is 0 Å². The van der Waals surface area contributed by atoms with Gasteiger partial charge < -0.3 is 15.4 Å². The second-order valence-corrected chi connectivity index (χ2v) is 8.06. The number of hydrogen-bond acceptors (Lipinski definition) is 4. The lowest BCUT2D eigenvalue weighted by molar-refractivity contribution is -0.127. The third kappa shape index (κ3) is 3.92. The van der Waals surface area contributed by atoms with Gasteiger partial charge in [0.2, 0.25) is 11.8 Å². The van der Waals surface area contributed by atoms with E-state index in [-0.39, 0.29) is 29.8 Å². The fourth-order valence-electron chi connectivity index (χ4n) is 4.35. The lowest BCUT2D eigenvalue weighted by Gasteiger charge is -2.42. The summed E-state index contributed by atoms with van der Waals surface area (Å²) < 4.78 is 7.03. The van der Waals surface area contributed by atoms with Crippen molar-refractivity contribution in [3.05, 3.63) is 18.5 Å². The standard InChI is InChI=1S/C19H28N4O3/c24-17(12-23-8-2-7-21-23)20-13-19(5-1-6-19)22-18(25)16-11-15(16)14-3-9-26-10-4-14/h2,7-8,14-16H,1,3-6,9-13H2,(H,20,24)(H,22,25)/t15-,16+/m0/s1. The van der Waals surface area contributed by atoms with Crippen LogP contribution in [-0.2, 0) is 20.9 Å². The van der Waals surface area contributed by atoms with Crippen molar-refractivity contribution < 1.29 is 14.3 Å². The van der Waals surface area contributed by atoms with E-state index >= 15 is 0 Å². The summed E-state index contributed by atoms with van der Waals surface area (Å²) in [6, 6.07) is 1.80. The maximum atomic E-state index is 12.7. The van der Waals surface area contributed by atoms with Crippen LogP contribution in [0.4, 0.5) is 0 Å². The second-order valence-electron chi connectivity index (χ2n) is 8.06. The minimum atomic E-state index is -0.250. The van der Waals surface area contributed by atoms with Gasteiger partial charge in [-0.3, -0.25) is 14.3 Å². The van der Waals surface area contributed by atoms with Crippen molar-refractivity contribution in [3.63, 3.8) is 0 Å². The molecule has 0 radical (unpaired) electrons. The van der Waals surface area contributed by atoms with Gasteiger partial charge in [0.1, 0.15) is 6.54 Å². The largest absolute Gasteiger partial charge is 0.381 e. The first-order valence-electron chi connectivity index (χ1n) is 9.79. The molecule has 3 aliphatic rings. The molecule has 1 aromatic rings. The molecule has 2 saturated carbocycles. The number of carbonyl (C=O) groups excluding carboxylic acids is 2. The van der Waals surface area contributed by atoms with E-state index in [4.69, 9.17) is 4.74 Å². The van der Waals surface area contributed by atoms with Gasteiger partial charge in [0.25, 0.3) is 0 Å². The van der Waals surface area contributed by atoms with Crippen molar-refractivity contribution in [3.8, 4) is 0 Å². The van der Waals surface area contributed by atoms with Crippen molar-refractivity contribution in [2.75, 3.05) is 19.8 Å². The van der Waals surface area contributed by atoms with Crippen molar-refractivity contribution >= 4 is 11.8 Å². The maximum absolute atomic E-state index is 12.7. The zero-order valence-electron chi connectivity index (χ0n) is 15.2. The van der Waals surface area contributed by atoms with Crippen molar-refractivity contribution in [2.45, 2.75) is 50.6 Å². The average molecular weight is 360 g/mol.